The molecule has 0 atom stereocenters. The zero-order chi connectivity index (χ0) is 11.4. The van der Waals surface area contributed by atoms with Crippen LogP contribution in [-0.2, 0) is 6.54 Å². The lowest BCUT2D eigenvalue weighted by atomic mass is 10.1. The molecule has 0 saturated carbocycles. The number of nitrogens with zero attached hydrogens (tertiary/aromatic N) is 1. The SMILES string of the molecule is Cc1ccc(N)c(CN(C)CC(C)C)c1. The lowest BCUT2D eigenvalue weighted by Crippen LogP contribution is -2.23. The number of nitrogen functional groups attached to an aromatic ring is 1. The molecule has 0 bridgehead atoms. The third kappa shape index (κ3) is 3.92. The van der Waals surface area contributed by atoms with Crippen LogP contribution in [0.4, 0.5) is 5.69 Å². The van der Waals surface area contributed by atoms with Crippen LogP contribution < -0.4 is 5.73 Å². The average molecular weight is 206 g/mol. The molecule has 1 aromatic carbocycles. The predicted molar refractivity (Wildman–Crippen MR) is 66.8 cm³/mol. The van der Waals surface area contributed by atoms with Crippen molar-refractivity contribution >= 4 is 5.69 Å². The van der Waals surface area contributed by atoms with Crippen LogP contribution in [0, 0.1) is 12.8 Å². The fourth-order valence-electron chi connectivity index (χ4n) is 1.85. The molecule has 0 saturated heterocycles. The molecule has 2 N–H and O–H groups in total. The highest BCUT2D eigenvalue weighted by Gasteiger charge is 2.05. The first-order chi connectivity index (χ1) is 6.99. The van der Waals surface area contributed by atoms with E-state index in [1.165, 1.54) is 11.1 Å². The van der Waals surface area contributed by atoms with Gasteiger partial charge >= 0.3 is 0 Å². The van der Waals surface area contributed by atoms with E-state index in [0.717, 1.165) is 18.8 Å². The molecule has 1 rings (SSSR count). The summed E-state index contributed by atoms with van der Waals surface area (Å²) in [6, 6.07) is 6.22. The van der Waals surface area contributed by atoms with Crippen LogP contribution in [0.1, 0.15) is 25.0 Å². The zero-order valence-electron chi connectivity index (χ0n) is 10.2. The van der Waals surface area contributed by atoms with Gasteiger partial charge in [-0.3, -0.25) is 0 Å². The number of anilines is 1. The van der Waals surface area contributed by atoms with Gasteiger partial charge in [0.15, 0.2) is 0 Å². The quantitative estimate of drug-likeness (QED) is 0.767. The highest BCUT2D eigenvalue weighted by molar-refractivity contribution is 5.48. The van der Waals surface area contributed by atoms with E-state index in [9.17, 15) is 0 Å². The molecule has 0 unspecified atom stereocenters. The molecule has 0 amide bonds. The topological polar surface area (TPSA) is 29.3 Å². The van der Waals surface area contributed by atoms with Crippen molar-refractivity contribution in [1.29, 1.82) is 0 Å². The third-order valence-corrected chi connectivity index (χ3v) is 2.42. The Bertz CT molecular complexity index is 318. The van der Waals surface area contributed by atoms with E-state index in [2.05, 4.69) is 44.9 Å². The number of hydrogen-bond acceptors (Lipinski definition) is 2. The number of hydrogen-bond donors (Lipinski definition) is 1. The monoisotopic (exact) mass is 206 g/mol. The number of aryl methyl sites for hydroxylation is 1. The summed E-state index contributed by atoms with van der Waals surface area (Å²) < 4.78 is 0. The molecule has 0 aromatic heterocycles. The Morgan fingerprint density at radius 2 is 2.00 bits per heavy atom. The Hall–Kier alpha value is -1.02. The van der Waals surface area contributed by atoms with E-state index in [-0.39, 0.29) is 0 Å². The van der Waals surface area contributed by atoms with Gasteiger partial charge in [0.05, 0.1) is 0 Å². The molecule has 0 radical (unpaired) electrons. The summed E-state index contributed by atoms with van der Waals surface area (Å²) in [6.07, 6.45) is 0. The van der Waals surface area contributed by atoms with Gasteiger partial charge in [-0.25, -0.2) is 0 Å². The van der Waals surface area contributed by atoms with Crippen LogP contribution in [0.2, 0.25) is 0 Å². The van der Waals surface area contributed by atoms with Crippen molar-refractivity contribution in [2.24, 2.45) is 5.92 Å². The van der Waals surface area contributed by atoms with E-state index < -0.39 is 0 Å². The second-order valence-corrected chi connectivity index (χ2v) is 4.79. The summed E-state index contributed by atoms with van der Waals surface area (Å²) in [7, 11) is 2.14. The molecule has 0 aliphatic heterocycles. The summed E-state index contributed by atoms with van der Waals surface area (Å²) in [5.74, 6) is 0.695. The van der Waals surface area contributed by atoms with Crippen LogP contribution in [0.25, 0.3) is 0 Å². The maximum absolute atomic E-state index is 5.94. The van der Waals surface area contributed by atoms with E-state index in [1.807, 2.05) is 6.07 Å². The molecular weight excluding hydrogens is 184 g/mol. The van der Waals surface area contributed by atoms with Gasteiger partial charge in [-0.15, -0.1) is 0 Å². The molecule has 0 aliphatic rings. The van der Waals surface area contributed by atoms with Crippen molar-refractivity contribution in [1.82, 2.24) is 4.90 Å². The number of benzene rings is 1. The van der Waals surface area contributed by atoms with Crippen LogP contribution in [-0.4, -0.2) is 18.5 Å². The fourth-order valence-corrected chi connectivity index (χ4v) is 1.85. The van der Waals surface area contributed by atoms with Crippen molar-refractivity contribution in [2.75, 3.05) is 19.3 Å². The van der Waals surface area contributed by atoms with Crippen LogP contribution in [0.5, 0.6) is 0 Å². The molecule has 1 aromatic rings. The standard InChI is InChI=1S/C13H22N2/c1-10(2)8-15(4)9-12-7-11(3)5-6-13(12)14/h5-7,10H,8-9,14H2,1-4H3. The summed E-state index contributed by atoms with van der Waals surface area (Å²) >= 11 is 0. The van der Waals surface area contributed by atoms with Crippen molar-refractivity contribution in [3.8, 4) is 0 Å². The molecule has 0 heterocycles. The molecule has 2 heteroatoms. The summed E-state index contributed by atoms with van der Waals surface area (Å²) in [5, 5.41) is 0. The van der Waals surface area contributed by atoms with Gasteiger partial charge in [0, 0.05) is 18.8 Å². The molecule has 0 spiro atoms. The first-order valence-corrected chi connectivity index (χ1v) is 5.52. The van der Waals surface area contributed by atoms with Crippen molar-refractivity contribution in [2.45, 2.75) is 27.3 Å². The Balaban J connectivity index is 2.67. The van der Waals surface area contributed by atoms with E-state index in [4.69, 9.17) is 5.73 Å². The van der Waals surface area contributed by atoms with Gasteiger partial charge in [0.25, 0.3) is 0 Å². The molecular formula is C13H22N2. The van der Waals surface area contributed by atoms with E-state index >= 15 is 0 Å². The first kappa shape index (κ1) is 12.1. The Kier molecular flexibility index (Phi) is 4.15. The van der Waals surface area contributed by atoms with Crippen LogP contribution >= 0.6 is 0 Å². The summed E-state index contributed by atoms with van der Waals surface area (Å²) in [4.78, 5) is 2.32. The lowest BCUT2D eigenvalue weighted by Gasteiger charge is -2.20. The normalized spacial score (nSPS) is 11.3. The summed E-state index contributed by atoms with van der Waals surface area (Å²) in [6.45, 7) is 8.61. The van der Waals surface area contributed by atoms with Gasteiger partial charge in [-0.2, -0.15) is 0 Å². The van der Waals surface area contributed by atoms with Gasteiger partial charge in [-0.1, -0.05) is 31.5 Å². The average Bonchev–Trinajstić information content (AvgIpc) is 2.10. The minimum absolute atomic E-state index is 0.695. The molecule has 2 nitrogen and oxygen atoms in total. The van der Waals surface area contributed by atoms with E-state index in [0.29, 0.717) is 5.92 Å². The van der Waals surface area contributed by atoms with Gasteiger partial charge in [-0.05, 0) is 31.5 Å². The highest BCUT2D eigenvalue weighted by atomic mass is 15.1. The second-order valence-electron chi connectivity index (χ2n) is 4.79. The number of rotatable bonds is 4. The second kappa shape index (κ2) is 5.17. The van der Waals surface area contributed by atoms with Crippen molar-refractivity contribution in [3.63, 3.8) is 0 Å². The third-order valence-electron chi connectivity index (χ3n) is 2.42. The smallest absolute Gasteiger partial charge is 0.0359 e. The van der Waals surface area contributed by atoms with Gasteiger partial charge < -0.3 is 10.6 Å². The van der Waals surface area contributed by atoms with Gasteiger partial charge in [0.2, 0.25) is 0 Å². The minimum Gasteiger partial charge on any atom is -0.398 e. The lowest BCUT2D eigenvalue weighted by molar-refractivity contribution is 0.289. The van der Waals surface area contributed by atoms with Crippen molar-refractivity contribution < 1.29 is 0 Å². The fraction of sp³-hybridized carbons (Fsp3) is 0.538. The minimum atomic E-state index is 0.695. The maximum Gasteiger partial charge on any atom is 0.0359 e. The Labute approximate surface area is 93.1 Å². The molecule has 15 heavy (non-hydrogen) atoms. The highest BCUT2D eigenvalue weighted by Crippen LogP contribution is 2.15. The summed E-state index contributed by atoms with van der Waals surface area (Å²) in [5.41, 5.74) is 9.35. The van der Waals surface area contributed by atoms with Gasteiger partial charge in [0.1, 0.15) is 0 Å². The maximum atomic E-state index is 5.94. The van der Waals surface area contributed by atoms with Crippen LogP contribution in [0.15, 0.2) is 18.2 Å². The molecule has 84 valence electrons. The number of nitrogens with two attached hydrogens (primary N) is 1. The Morgan fingerprint density at radius 1 is 1.33 bits per heavy atom. The molecule has 0 fully saturated rings. The Morgan fingerprint density at radius 3 is 2.60 bits per heavy atom. The van der Waals surface area contributed by atoms with Crippen molar-refractivity contribution in [3.05, 3.63) is 29.3 Å². The van der Waals surface area contributed by atoms with Crippen LogP contribution in [0.3, 0.4) is 0 Å². The first-order valence-electron chi connectivity index (χ1n) is 5.52. The zero-order valence-corrected chi connectivity index (χ0v) is 10.2. The molecule has 0 aliphatic carbocycles. The predicted octanol–water partition coefficient (Wildman–Crippen LogP) is 2.67. The van der Waals surface area contributed by atoms with E-state index in [1.54, 1.807) is 0 Å². The largest absolute Gasteiger partial charge is 0.398 e.